The minimum Gasteiger partial charge on any atom is -0.507 e. The van der Waals surface area contributed by atoms with Gasteiger partial charge in [-0.05, 0) is 31.2 Å². The second kappa shape index (κ2) is 7.31. The maximum atomic E-state index is 12.1. The number of anilines is 1. The Kier molecular flexibility index (Phi) is 5.19. The molecule has 1 amide bonds. The summed E-state index contributed by atoms with van der Waals surface area (Å²) in [6.07, 6.45) is -1.02. The van der Waals surface area contributed by atoms with Gasteiger partial charge in [-0.3, -0.25) is 4.79 Å². The Morgan fingerprint density at radius 2 is 1.87 bits per heavy atom. The smallest absolute Gasteiger partial charge is 0.342 e. The van der Waals surface area contributed by atoms with E-state index in [-0.39, 0.29) is 11.3 Å². The van der Waals surface area contributed by atoms with Gasteiger partial charge in [0.2, 0.25) is 0 Å². The molecule has 23 heavy (non-hydrogen) atoms. The van der Waals surface area contributed by atoms with E-state index in [1.54, 1.807) is 36.4 Å². The molecular weight excluding hydrogens is 298 g/mol. The number of para-hydroxylation sites is 1. The van der Waals surface area contributed by atoms with Crippen LogP contribution in [0, 0.1) is 0 Å². The van der Waals surface area contributed by atoms with Gasteiger partial charge >= 0.3 is 5.97 Å². The van der Waals surface area contributed by atoms with Crippen LogP contribution in [0.1, 0.15) is 17.3 Å². The summed E-state index contributed by atoms with van der Waals surface area (Å²) in [5.74, 6) is -0.849. The number of benzene rings is 2. The lowest BCUT2D eigenvalue weighted by atomic mass is 10.2. The molecule has 0 aromatic heterocycles. The highest BCUT2D eigenvalue weighted by Crippen LogP contribution is 2.19. The Balaban J connectivity index is 1.99. The van der Waals surface area contributed by atoms with Gasteiger partial charge in [0.1, 0.15) is 17.1 Å². The predicted octanol–water partition coefficient (Wildman–Crippen LogP) is 2.58. The molecule has 0 radical (unpaired) electrons. The third-order valence-electron chi connectivity index (χ3n) is 3.11. The van der Waals surface area contributed by atoms with Gasteiger partial charge in [-0.1, -0.05) is 18.2 Å². The molecule has 0 aliphatic carbocycles. The van der Waals surface area contributed by atoms with Crippen molar-refractivity contribution in [2.24, 2.45) is 0 Å². The van der Waals surface area contributed by atoms with Crippen molar-refractivity contribution in [2.75, 3.05) is 12.4 Å². The molecule has 0 aliphatic rings. The van der Waals surface area contributed by atoms with E-state index in [0.29, 0.717) is 11.4 Å². The largest absolute Gasteiger partial charge is 0.507 e. The molecule has 2 N–H and O–H groups in total. The molecule has 2 aromatic carbocycles. The van der Waals surface area contributed by atoms with Gasteiger partial charge in [-0.25, -0.2) is 4.79 Å². The summed E-state index contributed by atoms with van der Waals surface area (Å²) in [6.45, 7) is 1.45. The summed E-state index contributed by atoms with van der Waals surface area (Å²) < 4.78 is 10.1. The van der Waals surface area contributed by atoms with Crippen molar-refractivity contribution in [3.05, 3.63) is 54.1 Å². The number of aromatic hydroxyl groups is 1. The van der Waals surface area contributed by atoms with Crippen molar-refractivity contribution in [1.29, 1.82) is 0 Å². The van der Waals surface area contributed by atoms with E-state index in [1.807, 2.05) is 0 Å². The number of hydrogen-bond donors (Lipinski definition) is 2. The number of nitrogens with one attached hydrogen (secondary N) is 1. The number of phenolic OH excluding ortho intramolecular Hbond substituents is 1. The minimum atomic E-state index is -1.02. The van der Waals surface area contributed by atoms with E-state index in [9.17, 15) is 14.7 Å². The first kappa shape index (κ1) is 16.4. The predicted molar refractivity (Wildman–Crippen MR) is 84.6 cm³/mol. The number of hydrogen-bond acceptors (Lipinski definition) is 5. The van der Waals surface area contributed by atoms with E-state index < -0.39 is 18.0 Å². The molecule has 0 spiro atoms. The van der Waals surface area contributed by atoms with Gasteiger partial charge in [-0.2, -0.15) is 0 Å². The Morgan fingerprint density at radius 1 is 1.13 bits per heavy atom. The van der Waals surface area contributed by atoms with Crippen LogP contribution in [0.4, 0.5) is 5.69 Å². The van der Waals surface area contributed by atoms with Crippen LogP contribution in [0.15, 0.2) is 48.5 Å². The van der Waals surface area contributed by atoms with Gasteiger partial charge in [0.15, 0.2) is 6.10 Å². The maximum Gasteiger partial charge on any atom is 0.342 e. The summed E-state index contributed by atoms with van der Waals surface area (Å²) in [7, 11) is 1.53. The van der Waals surface area contributed by atoms with Gasteiger partial charge in [0, 0.05) is 11.8 Å². The Labute approximate surface area is 133 Å². The Morgan fingerprint density at radius 3 is 2.57 bits per heavy atom. The zero-order valence-corrected chi connectivity index (χ0v) is 12.8. The van der Waals surface area contributed by atoms with Crippen molar-refractivity contribution < 1.29 is 24.2 Å². The third kappa shape index (κ3) is 4.23. The van der Waals surface area contributed by atoms with E-state index >= 15 is 0 Å². The van der Waals surface area contributed by atoms with Gasteiger partial charge in [0.05, 0.1) is 7.11 Å². The lowest BCUT2D eigenvalue weighted by Gasteiger charge is -2.14. The molecular formula is C17H17NO5. The quantitative estimate of drug-likeness (QED) is 0.828. The zero-order valence-electron chi connectivity index (χ0n) is 12.8. The highest BCUT2D eigenvalue weighted by atomic mass is 16.5. The zero-order chi connectivity index (χ0) is 16.8. The number of carbonyl (C=O) groups excluding carboxylic acids is 2. The van der Waals surface area contributed by atoms with Crippen LogP contribution in [-0.2, 0) is 9.53 Å². The van der Waals surface area contributed by atoms with Crippen molar-refractivity contribution in [3.63, 3.8) is 0 Å². The molecule has 2 rings (SSSR count). The molecule has 6 nitrogen and oxygen atoms in total. The molecule has 0 aliphatic heterocycles. The lowest BCUT2D eigenvalue weighted by Crippen LogP contribution is -2.30. The summed E-state index contributed by atoms with van der Waals surface area (Å²) in [5.41, 5.74) is 0.535. The molecule has 120 valence electrons. The molecule has 0 saturated heterocycles. The molecule has 0 unspecified atom stereocenters. The first-order valence-electron chi connectivity index (χ1n) is 6.95. The van der Waals surface area contributed by atoms with Crippen LogP contribution >= 0.6 is 0 Å². The van der Waals surface area contributed by atoms with E-state index in [0.717, 1.165) is 0 Å². The second-order valence-electron chi connectivity index (χ2n) is 4.79. The fraction of sp³-hybridized carbons (Fsp3) is 0.176. The monoisotopic (exact) mass is 315 g/mol. The second-order valence-corrected chi connectivity index (χ2v) is 4.79. The molecule has 0 saturated carbocycles. The van der Waals surface area contributed by atoms with E-state index in [1.165, 1.54) is 26.2 Å². The van der Waals surface area contributed by atoms with Crippen LogP contribution in [0.25, 0.3) is 0 Å². The molecule has 6 heteroatoms. The average Bonchev–Trinajstić information content (AvgIpc) is 2.55. The number of phenols is 1. The first-order chi connectivity index (χ1) is 11.0. The molecule has 0 fully saturated rings. The summed E-state index contributed by atoms with van der Waals surface area (Å²) in [5, 5.41) is 12.2. The maximum absolute atomic E-state index is 12.1. The standard InChI is InChI=1S/C17H17NO5/c1-11(23-17(21)14-8-3-4-9-15(14)19)16(20)18-12-6-5-7-13(10-12)22-2/h3-11,19H,1-2H3,(H,18,20)/t11-/m1/s1. The lowest BCUT2D eigenvalue weighted by molar-refractivity contribution is -0.123. The van der Waals surface area contributed by atoms with Gasteiger partial charge < -0.3 is 19.9 Å². The molecule has 2 aromatic rings. The number of esters is 1. The fourth-order valence-corrected chi connectivity index (χ4v) is 1.87. The van der Waals surface area contributed by atoms with E-state index in [4.69, 9.17) is 9.47 Å². The van der Waals surface area contributed by atoms with Crippen LogP contribution in [0.5, 0.6) is 11.5 Å². The number of methoxy groups -OCH3 is 1. The van der Waals surface area contributed by atoms with Crippen molar-refractivity contribution in [1.82, 2.24) is 0 Å². The molecule has 0 heterocycles. The van der Waals surface area contributed by atoms with E-state index in [2.05, 4.69) is 5.32 Å². The number of ether oxygens (including phenoxy) is 2. The minimum absolute atomic E-state index is 0.00790. The first-order valence-corrected chi connectivity index (χ1v) is 6.95. The Hall–Kier alpha value is -3.02. The van der Waals surface area contributed by atoms with Crippen molar-refractivity contribution >= 4 is 17.6 Å². The highest BCUT2D eigenvalue weighted by molar-refractivity contribution is 5.98. The summed E-state index contributed by atoms with van der Waals surface area (Å²) in [4.78, 5) is 24.0. The number of amides is 1. The highest BCUT2D eigenvalue weighted by Gasteiger charge is 2.20. The summed E-state index contributed by atoms with van der Waals surface area (Å²) in [6, 6.07) is 12.8. The van der Waals surface area contributed by atoms with Crippen LogP contribution in [0.2, 0.25) is 0 Å². The average molecular weight is 315 g/mol. The van der Waals surface area contributed by atoms with Crippen molar-refractivity contribution in [3.8, 4) is 11.5 Å². The fourth-order valence-electron chi connectivity index (χ4n) is 1.87. The topological polar surface area (TPSA) is 84.9 Å². The van der Waals surface area contributed by atoms with Gasteiger partial charge in [-0.15, -0.1) is 0 Å². The van der Waals surface area contributed by atoms with Crippen LogP contribution < -0.4 is 10.1 Å². The SMILES string of the molecule is COc1cccc(NC(=O)[C@@H](C)OC(=O)c2ccccc2O)c1. The summed E-state index contributed by atoms with van der Waals surface area (Å²) >= 11 is 0. The van der Waals surface area contributed by atoms with Crippen molar-refractivity contribution in [2.45, 2.75) is 13.0 Å². The number of rotatable bonds is 5. The van der Waals surface area contributed by atoms with Crippen LogP contribution in [0.3, 0.4) is 0 Å². The molecule has 0 bridgehead atoms. The Bertz CT molecular complexity index is 714. The normalized spacial score (nSPS) is 11.4. The van der Waals surface area contributed by atoms with Crippen LogP contribution in [-0.4, -0.2) is 30.2 Å². The molecule has 1 atom stereocenters. The third-order valence-corrected chi connectivity index (χ3v) is 3.11. The number of carbonyl (C=O) groups is 2. The van der Waals surface area contributed by atoms with Gasteiger partial charge in [0.25, 0.3) is 5.91 Å².